The van der Waals surface area contributed by atoms with Crippen LogP contribution in [-0.4, -0.2) is 163 Å². The molecule has 0 aromatic heterocycles. The third-order valence-corrected chi connectivity index (χ3v) is 7.59. The first-order valence-corrected chi connectivity index (χ1v) is 13.8. The number of hydrogen-bond donors (Lipinski definition) is 10. The Morgan fingerprint density at radius 1 is 0.651 bits per heavy atom. The average Bonchev–Trinajstić information content (AvgIpc) is 2.99. The molecule has 3 aliphatic heterocycles. The number of aliphatic hydroxyl groups is 9. The van der Waals surface area contributed by atoms with Gasteiger partial charge >= 0.3 is 0 Å². The number of aliphatic hydroxyl groups excluding tert-OH is 9. The van der Waals surface area contributed by atoms with Crippen LogP contribution in [0.15, 0.2) is 30.3 Å². The van der Waals surface area contributed by atoms with Crippen LogP contribution in [0.25, 0.3) is 6.08 Å². The van der Waals surface area contributed by atoms with Crippen LogP contribution in [0.2, 0.25) is 0 Å². The fourth-order valence-corrected chi connectivity index (χ4v) is 5.07. The summed E-state index contributed by atoms with van der Waals surface area (Å²) in [5.74, 6) is 0.109. The molecule has 1 aromatic rings. The molecule has 0 saturated carbocycles. The maximum absolute atomic E-state index is 10.9. The SMILES string of the molecule is C[C@@H]1O[C@@H](O[C@@H]2[C@@H](O)[C@H](OC/C=C\c3ccc(O)cc3)O[C@H](CO)[C@H]2O)[C@H](O)[C@H](O)[C@H]1O[C@@H]1O[C@H](CO)[C@@H](O)[C@H](O)[C@H]1O. The van der Waals surface area contributed by atoms with Gasteiger partial charge < -0.3 is 79.5 Å². The highest BCUT2D eigenvalue weighted by Crippen LogP contribution is 2.32. The summed E-state index contributed by atoms with van der Waals surface area (Å²) < 4.78 is 33.3. The van der Waals surface area contributed by atoms with Gasteiger partial charge in [0.2, 0.25) is 0 Å². The maximum atomic E-state index is 10.9. The molecular formula is C27H40O16. The van der Waals surface area contributed by atoms with Crippen molar-refractivity contribution in [1.82, 2.24) is 0 Å². The summed E-state index contributed by atoms with van der Waals surface area (Å²) >= 11 is 0. The molecule has 43 heavy (non-hydrogen) atoms. The first-order chi connectivity index (χ1) is 20.5. The summed E-state index contributed by atoms with van der Waals surface area (Å²) in [5.41, 5.74) is 0.765. The van der Waals surface area contributed by atoms with Gasteiger partial charge in [0, 0.05) is 0 Å². The number of ether oxygens (including phenoxy) is 6. The molecule has 3 fully saturated rings. The van der Waals surface area contributed by atoms with Crippen LogP contribution in [-0.2, 0) is 28.4 Å². The lowest BCUT2D eigenvalue weighted by molar-refractivity contribution is -0.376. The van der Waals surface area contributed by atoms with Crippen LogP contribution in [0.3, 0.4) is 0 Å². The van der Waals surface area contributed by atoms with Crippen LogP contribution in [0.4, 0.5) is 0 Å². The second-order valence-corrected chi connectivity index (χ2v) is 10.6. The molecule has 0 spiro atoms. The Labute approximate surface area is 246 Å². The molecule has 16 heteroatoms. The molecule has 0 bridgehead atoms. The minimum absolute atomic E-state index is 0.0567. The molecule has 0 aliphatic carbocycles. The van der Waals surface area contributed by atoms with Crippen molar-refractivity contribution < 1.29 is 79.5 Å². The van der Waals surface area contributed by atoms with Crippen molar-refractivity contribution in [2.45, 2.75) is 99.0 Å². The molecule has 0 radical (unpaired) electrons. The van der Waals surface area contributed by atoms with Crippen molar-refractivity contribution in [3.8, 4) is 5.75 Å². The molecule has 4 rings (SSSR count). The minimum atomic E-state index is -1.83. The van der Waals surface area contributed by atoms with Gasteiger partial charge in [0.1, 0.15) is 72.9 Å². The van der Waals surface area contributed by atoms with E-state index in [0.29, 0.717) is 0 Å². The summed E-state index contributed by atoms with van der Waals surface area (Å²) in [6.45, 7) is 0.00435. The van der Waals surface area contributed by atoms with Gasteiger partial charge in [-0.3, -0.25) is 0 Å². The normalized spacial score (nSPS) is 44.1. The Morgan fingerprint density at radius 3 is 1.86 bits per heavy atom. The number of rotatable bonds is 10. The quantitative estimate of drug-likeness (QED) is 0.119. The monoisotopic (exact) mass is 620 g/mol. The lowest BCUT2D eigenvalue weighted by Crippen LogP contribution is -2.66. The smallest absolute Gasteiger partial charge is 0.187 e. The van der Waals surface area contributed by atoms with E-state index in [-0.39, 0.29) is 12.4 Å². The molecule has 0 amide bonds. The van der Waals surface area contributed by atoms with Crippen LogP contribution in [0.1, 0.15) is 12.5 Å². The molecule has 244 valence electrons. The molecular weight excluding hydrogens is 580 g/mol. The molecule has 16 nitrogen and oxygen atoms in total. The summed E-state index contributed by atoms with van der Waals surface area (Å²) in [5, 5.41) is 102. The maximum Gasteiger partial charge on any atom is 0.187 e. The Morgan fingerprint density at radius 2 is 1.21 bits per heavy atom. The van der Waals surface area contributed by atoms with Crippen LogP contribution < -0.4 is 0 Å². The summed E-state index contributed by atoms with van der Waals surface area (Å²) in [4.78, 5) is 0. The van der Waals surface area contributed by atoms with E-state index in [4.69, 9.17) is 28.4 Å². The second-order valence-electron chi connectivity index (χ2n) is 10.6. The second kappa shape index (κ2) is 15.0. The van der Waals surface area contributed by atoms with Crippen molar-refractivity contribution in [1.29, 1.82) is 0 Å². The third-order valence-electron chi connectivity index (χ3n) is 7.59. The number of hydrogen-bond acceptors (Lipinski definition) is 16. The van der Waals surface area contributed by atoms with E-state index in [0.717, 1.165) is 5.56 Å². The molecule has 3 heterocycles. The Kier molecular flexibility index (Phi) is 11.8. The zero-order valence-electron chi connectivity index (χ0n) is 23.2. The van der Waals surface area contributed by atoms with Gasteiger partial charge in [-0.2, -0.15) is 0 Å². The molecule has 15 atom stereocenters. The predicted molar refractivity (Wildman–Crippen MR) is 141 cm³/mol. The van der Waals surface area contributed by atoms with E-state index in [2.05, 4.69) is 0 Å². The number of aromatic hydroxyl groups is 1. The van der Waals surface area contributed by atoms with Gasteiger partial charge in [-0.05, 0) is 24.6 Å². The fraction of sp³-hybridized carbons (Fsp3) is 0.704. The number of benzene rings is 1. The van der Waals surface area contributed by atoms with Crippen molar-refractivity contribution in [2.24, 2.45) is 0 Å². The van der Waals surface area contributed by atoms with E-state index >= 15 is 0 Å². The van der Waals surface area contributed by atoms with Crippen LogP contribution >= 0.6 is 0 Å². The zero-order chi connectivity index (χ0) is 31.4. The van der Waals surface area contributed by atoms with E-state index in [9.17, 15) is 51.1 Å². The van der Waals surface area contributed by atoms with Crippen LogP contribution in [0, 0.1) is 0 Å². The highest BCUT2D eigenvalue weighted by Gasteiger charge is 2.52. The van der Waals surface area contributed by atoms with Crippen molar-refractivity contribution in [3.63, 3.8) is 0 Å². The van der Waals surface area contributed by atoms with E-state index < -0.39 is 105 Å². The first kappa shape index (κ1) is 34.0. The largest absolute Gasteiger partial charge is 0.508 e. The fourth-order valence-electron chi connectivity index (χ4n) is 5.07. The predicted octanol–water partition coefficient (Wildman–Crippen LogP) is -4.10. The highest BCUT2D eigenvalue weighted by atomic mass is 16.8. The van der Waals surface area contributed by atoms with Gasteiger partial charge in [-0.15, -0.1) is 0 Å². The topological polar surface area (TPSA) is 258 Å². The van der Waals surface area contributed by atoms with E-state index in [1.807, 2.05) is 0 Å². The van der Waals surface area contributed by atoms with Gasteiger partial charge in [0.15, 0.2) is 18.9 Å². The average molecular weight is 621 g/mol. The van der Waals surface area contributed by atoms with Crippen LogP contribution in [0.5, 0.6) is 5.75 Å². The minimum Gasteiger partial charge on any atom is -0.508 e. The van der Waals surface area contributed by atoms with E-state index in [1.165, 1.54) is 19.1 Å². The first-order valence-electron chi connectivity index (χ1n) is 13.8. The lowest BCUT2D eigenvalue weighted by Gasteiger charge is -2.47. The summed E-state index contributed by atoms with van der Waals surface area (Å²) in [6.07, 6.45) is -19.7. The molecule has 0 unspecified atom stereocenters. The zero-order valence-corrected chi connectivity index (χ0v) is 23.2. The molecule has 10 N–H and O–H groups in total. The third kappa shape index (κ3) is 7.70. The van der Waals surface area contributed by atoms with Crippen molar-refractivity contribution in [3.05, 3.63) is 35.9 Å². The standard InChI is InChI=1S/C27H40O16/c1-11-23(42-27-20(35)18(33)16(31)14(9-28)41-27)19(34)21(36)26(39-11)43-24-17(32)15(10-29)40-25(22(24)37)38-8-2-3-12-4-6-13(30)7-5-12/h2-7,11,14-37H,8-10H2,1H3/b3-2-/t11-,14+,15+,16+,17+,18-,19-,20+,21+,22+,23-,24-,25+,26-,27-/m0/s1. The lowest BCUT2D eigenvalue weighted by atomic mass is 9.96. The molecule has 3 saturated heterocycles. The van der Waals surface area contributed by atoms with Gasteiger partial charge in [-0.1, -0.05) is 24.3 Å². The Bertz CT molecular complexity index is 1020. The number of phenols is 1. The highest BCUT2D eigenvalue weighted by molar-refractivity contribution is 5.50. The van der Waals surface area contributed by atoms with Crippen molar-refractivity contribution >= 4 is 6.08 Å². The Hall–Kier alpha value is -1.84. The molecule has 3 aliphatic rings. The van der Waals surface area contributed by atoms with E-state index in [1.54, 1.807) is 24.3 Å². The van der Waals surface area contributed by atoms with Gasteiger partial charge in [0.05, 0.1) is 25.9 Å². The van der Waals surface area contributed by atoms with Gasteiger partial charge in [0.25, 0.3) is 0 Å². The van der Waals surface area contributed by atoms with Gasteiger partial charge in [-0.25, -0.2) is 0 Å². The number of phenolic OH excluding ortho intramolecular Hbond substituents is 1. The summed E-state index contributed by atoms with van der Waals surface area (Å²) in [6, 6.07) is 6.36. The Balaban J connectivity index is 1.38. The van der Waals surface area contributed by atoms with Crippen molar-refractivity contribution in [2.75, 3.05) is 19.8 Å². The summed E-state index contributed by atoms with van der Waals surface area (Å²) in [7, 11) is 0. The molecule has 1 aromatic carbocycles.